The van der Waals surface area contributed by atoms with Crippen LogP contribution in [0.3, 0.4) is 0 Å². The molecule has 0 aliphatic heterocycles. The molecule has 5 aromatic rings. The zero-order valence-electron chi connectivity index (χ0n) is 26.8. The summed E-state index contributed by atoms with van der Waals surface area (Å²) in [6.07, 6.45) is -12.5. The number of halogens is 12. The summed E-state index contributed by atoms with van der Waals surface area (Å²) in [5.41, 5.74) is -4.27. The first kappa shape index (κ1) is 38.3. The van der Waals surface area contributed by atoms with Gasteiger partial charge in [0.15, 0.2) is 0 Å². The second kappa shape index (κ2) is 14.4. The maximum Gasteiger partial charge on any atom is 0.416 e. The molecule has 2 atom stereocenters. The van der Waals surface area contributed by atoms with Crippen molar-refractivity contribution in [2.75, 3.05) is 0 Å². The third-order valence-corrected chi connectivity index (χ3v) is 13.5. The molecule has 0 bridgehead atoms. The van der Waals surface area contributed by atoms with Crippen molar-refractivity contribution in [1.29, 1.82) is 0 Å². The van der Waals surface area contributed by atoms with E-state index in [-0.39, 0.29) is 0 Å². The zero-order valence-corrected chi connectivity index (χ0v) is 28.6. The third-order valence-electron chi connectivity index (χ3n) is 8.40. The van der Waals surface area contributed by atoms with Crippen LogP contribution in [0, 0.1) is 0 Å². The molecule has 14 heteroatoms. The summed E-state index contributed by atoms with van der Waals surface area (Å²) in [6, 6.07) is 23.6. The molecule has 1 aliphatic rings. The predicted molar refractivity (Wildman–Crippen MR) is 186 cm³/mol. The van der Waals surface area contributed by atoms with Crippen molar-refractivity contribution in [3.05, 3.63) is 162 Å². The SMILES string of the molecule is FC(F)(F)C1=CC=CC(P(c2ccc(C(F)(F)F)cc2)c2ccc3ccc(P(c4ccc(C(F)(F)F)cc4)c4ccc(C(F)(F)F)cc4)cc3c2)C=C1. The van der Waals surface area contributed by atoms with Crippen molar-refractivity contribution in [2.45, 2.75) is 30.4 Å². The summed E-state index contributed by atoms with van der Waals surface area (Å²) < 4.78 is 162. The lowest BCUT2D eigenvalue weighted by Crippen LogP contribution is -2.22. The first-order valence-corrected chi connectivity index (χ1v) is 18.3. The van der Waals surface area contributed by atoms with E-state index in [2.05, 4.69) is 0 Å². The van der Waals surface area contributed by atoms with E-state index in [4.69, 9.17) is 0 Å². The smallest absolute Gasteiger partial charge is 0.166 e. The fraction of sp³-hybridized carbons (Fsp3) is 0.128. The van der Waals surface area contributed by atoms with Crippen LogP contribution in [0.5, 0.6) is 0 Å². The minimum absolute atomic E-state index is 0.428. The van der Waals surface area contributed by atoms with Gasteiger partial charge in [0.25, 0.3) is 0 Å². The van der Waals surface area contributed by atoms with Gasteiger partial charge in [-0.3, -0.25) is 0 Å². The first-order chi connectivity index (χ1) is 24.8. The largest absolute Gasteiger partial charge is 0.416 e. The Morgan fingerprint density at radius 3 is 1.26 bits per heavy atom. The summed E-state index contributed by atoms with van der Waals surface area (Å²) in [5, 5.41) is 3.79. The van der Waals surface area contributed by atoms with Crippen LogP contribution in [0.2, 0.25) is 0 Å². The van der Waals surface area contributed by atoms with E-state index in [0.717, 1.165) is 48.6 Å². The van der Waals surface area contributed by atoms with Crippen LogP contribution in [-0.4, -0.2) is 11.8 Å². The fourth-order valence-corrected chi connectivity index (χ4v) is 10.6. The number of alkyl halides is 12. The molecular formula is C39H24F12P2. The van der Waals surface area contributed by atoms with Crippen LogP contribution in [0.4, 0.5) is 52.7 Å². The van der Waals surface area contributed by atoms with E-state index in [1.165, 1.54) is 48.6 Å². The third kappa shape index (κ3) is 8.71. The molecule has 53 heavy (non-hydrogen) atoms. The van der Waals surface area contributed by atoms with Gasteiger partial charge in [-0.15, -0.1) is 0 Å². The minimum Gasteiger partial charge on any atom is -0.166 e. The Kier molecular flexibility index (Phi) is 10.4. The highest BCUT2D eigenvalue weighted by Crippen LogP contribution is 2.44. The summed E-state index contributed by atoms with van der Waals surface area (Å²) >= 11 is 0. The molecule has 0 aromatic heterocycles. The Labute approximate surface area is 297 Å². The van der Waals surface area contributed by atoms with E-state index >= 15 is 0 Å². The van der Waals surface area contributed by atoms with Crippen molar-refractivity contribution in [3.8, 4) is 0 Å². The minimum atomic E-state index is -4.63. The first-order valence-electron chi connectivity index (χ1n) is 15.6. The van der Waals surface area contributed by atoms with E-state index in [1.807, 2.05) is 0 Å². The molecule has 0 heterocycles. The molecule has 0 fully saturated rings. The van der Waals surface area contributed by atoms with E-state index in [0.29, 0.717) is 37.3 Å². The van der Waals surface area contributed by atoms with Crippen LogP contribution in [0.25, 0.3) is 10.8 Å². The van der Waals surface area contributed by atoms with E-state index < -0.39 is 68.5 Å². The van der Waals surface area contributed by atoms with Crippen molar-refractivity contribution >= 4 is 53.1 Å². The summed E-state index contributed by atoms with van der Waals surface area (Å²) in [6.45, 7) is 0. The van der Waals surface area contributed by atoms with Gasteiger partial charge in [-0.2, -0.15) is 52.7 Å². The number of benzene rings is 5. The molecule has 2 unspecified atom stereocenters. The second-order valence-electron chi connectivity index (χ2n) is 11.9. The van der Waals surface area contributed by atoms with Crippen molar-refractivity contribution in [2.24, 2.45) is 0 Å². The molecule has 0 saturated carbocycles. The Balaban J connectivity index is 1.47. The molecule has 6 rings (SSSR count). The molecule has 0 saturated heterocycles. The summed E-state index contributed by atoms with van der Waals surface area (Å²) in [4.78, 5) is 0. The van der Waals surface area contributed by atoms with E-state index in [1.54, 1.807) is 42.5 Å². The van der Waals surface area contributed by atoms with Gasteiger partial charge in [0.05, 0.1) is 22.3 Å². The highest BCUT2D eigenvalue weighted by Gasteiger charge is 2.35. The zero-order chi connectivity index (χ0) is 38.3. The maximum atomic E-state index is 13.6. The average molecular weight is 783 g/mol. The predicted octanol–water partition coefficient (Wildman–Crippen LogP) is 11.1. The Bertz CT molecular complexity index is 2110. The normalized spacial score (nSPS) is 16.2. The average Bonchev–Trinajstić information content (AvgIpc) is 3.35. The summed E-state index contributed by atoms with van der Waals surface area (Å²) in [7, 11) is -3.36. The molecule has 0 spiro atoms. The second-order valence-corrected chi connectivity index (χ2v) is 16.5. The Morgan fingerprint density at radius 2 is 0.811 bits per heavy atom. The highest BCUT2D eigenvalue weighted by atomic mass is 31.1. The van der Waals surface area contributed by atoms with Gasteiger partial charge >= 0.3 is 24.7 Å². The van der Waals surface area contributed by atoms with Gasteiger partial charge in [0.1, 0.15) is 0 Å². The Hall–Kier alpha value is -4.40. The Morgan fingerprint density at radius 1 is 0.396 bits per heavy atom. The van der Waals surface area contributed by atoms with Gasteiger partial charge in [0.2, 0.25) is 0 Å². The molecule has 5 aromatic carbocycles. The lowest BCUT2D eigenvalue weighted by atomic mass is 10.1. The quantitative estimate of drug-likeness (QED) is 0.119. The van der Waals surface area contributed by atoms with Crippen LogP contribution in [0.1, 0.15) is 16.7 Å². The van der Waals surface area contributed by atoms with Crippen LogP contribution < -0.4 is 26.5 Å². The molecule has 274 valence electrons. The highest BCUT2D eigenvalue weighted by molar-refractivity contribution is 7.79. The lowest BCUT2D eigenvalue weighted by molar-refractivity contribution is -0.138. The monoisotopic (exact) mass is 782 g/mol. The molecule has 1 aliphatic carbocycles. The van der Waals surface area contributed by atoms with Crippen LogP contribution in [-0.2, 0) is 18.5 Å². The van der Waals surface area contributed by atoms with Gasteiger partial charge < -0.3 is 0 Å². The standard InChI is InChI=1S/C39H24F12P2/c40-36(41,42)26-2-1-3-30(15-6-26)52(31-16-7-27(8-17-31)37(43,44)45)34-13-4-24-5-14-35(23-25(24)22-34)53(32-18-9-28(10-19-32)38(46,47)48)33-20-11-29(12-21-33)39(49,50)51/h1-23,30H. The number of rotatable bonds is 6. The van der Waals surface area contributed by atoms with E-state index in [9.17, 15) is 52.7 Å². The molecule has 0 nitrogen and oxygen atoms in total. The van der Waals surface area contributed by atoms with Crippen LogP contribution in [0.15, 0.2) is 145 Å². The van der Waals surface area contributed by atoms with Gasteiger partial charge in [-0.1, -0.05) is 91.0 Å². The van der Waals surface area contributed by atoms with Crippen molar-refractivity contribution < 1.29 is 52.7 Å². The number of hydrogen-bond donors (Lipinski definition) is 0. The molecule has 0 radical (unpaired) electrons. The number of fused-ring (bicyclic) bond motifs is 1. The van der Waals surface area contributed by atoms with Gasteiger partial charge in [0, 0.05) is 5.66 Å². The van der Waals surface area contributed by atoms with Crippen LogP contribution >= 0.6 is 15.8 Å². The fourth-order valence-electron chi connectivity index (χ4n) is 5.82. The van der Waals surface area contributed by atoms with Gasteiger partial charge in [-0.25, -0.2) is 0 Å². The lowest BCUT2D eigenvalue weighted by Gasteiger charge is -2.25. The maximum absolute atomic E-state index is 13.6. The van der Waals surface area contributed by atoms with Crippen molar-refractivity contribution in [3.63, 3.8) is 0 Å². The van der Waals surface area contributed by atoms with Gasteiger partial charge in [-0.05, 0) is 102 Å². The summed E-state index contributed by atoms with van der Waals surface area (Å²) in [5.74, 6) is 0. The topological polar surface area (TPSA) is 0 Å². The number of allylic oxidation sites excluding steroid dienone is 6. The molecule has 0 N–H and O–H groups in total. The molecule has 0 amide bonds. The van der Waals surface area contributed by atoms with Crippen molar-refractivity contribution in [1.82, 2.24) is 0 Å². The number of hydrogen-bond acceptors (Lipinski definition) is 0. The molecular weight excluding hydrogens is 758 g/mol.